The molecule has 2 fully saturated rings. The van der Waals surface area contributed by atoms with Gasteiger partial charge in [0.25, 0.3) is 0 Å². The van der Waals surface area contributed by atoms with Crippen molar-refractivity contribution >= 4 is 5.96 Å². The van der Waals surface area contributed by atoms with Crippen LogP contribution in [0, 0.1) is 18.8 Å². The van der Waals surface area contributed by atoms with Crippen LogP contribution < -0.4 is 15.4 Å². The Labute approximate surface area is 169 Å². The third-order valence-corrected chi connectivity index (χ3v) is 5.77. The molecular formula is C22H36N4O2. The van der Waals surface area contributed by atoms with Crippen LogP contribution in [0.15, 0.2) is 23.2 Å². The predicted octanol–water partition coefficient (Wildman–Crippen LogP) is 2.42. The normalized spacial score (nSPS) is 23.2. The van der Waals surface area contributed by atoms with Crippen LogP contribution in [-0.4, -0.2) is 63.9 Å². The van der Waals surface area contributed by atoms with Gasteiger partial charge in [0.15, 0.2) is 5.96 Å². The molecule has 3 rings (SSSR count). The van der Waals surface area contributed by atoms with Crippen molar-refractivity contribution in [2.24, 2.45) is 16.8 Å². The SMILES string of the molecule is CCN1CCC(CNC(=NC)NCc2ccc(C)cc2OCC2CCOC2)C1. The maximum Gasteiger partial charge on any atom is 0.191 e. The van der Waals surface area contributed by atoms with E-state index in [0.717, 1.165) is 56.6 Å². The second kappa shape index (κ2) is 10.7. The van der Waals surface area contributed by atoms with Crippen molar-refractivity contribution in [3.63, 3.8) is 0 Å². The molecule has 2 heterocycles. The summed E-state index contributed by atoms with van der Waals surface area (Å²) >= 11 is 0. The summed E-state index contributed by atoms with van der Waals surface area (Å²) in [6, 6.07) is 6.41. The smallest absolute Gasteiger partial charge is 0.191 e. The molecule has 0 saturated carbocycles. The number of hydrogen-bond acceptors (Lipinski definition) is 4. The molecule has 6 nitrogen and oxygen atoms in total. The van der Waals surface area contributed by atoms with Crippen molar-refractivity contribution in [3.05, 3.63) is 29.3 Å². The van der Waals surface area contributed by atoms with E-state index in [0.29, 0.717) is 18.4 Å². The zero-order valence-electron chi connectivity index (χ0n) is 17.7. The van der Waals surface area contributed by atoms with Crippen molar-refractivity contribution in [2.45, 2.75) is 33.2 Å². The van der Waals surface area contributed by atoms with E-state index in [9.17, 15) is 0 Å². The minimum atomic E-state index is 0.504. The summed E-state index contributed by atoms with van der Waals surface area (Å²) in [6.07, 6.45) is 2.35. The maximum atomic E-state index is 6.15. The highest BCUT2D eigenvalue weighted by atomic mass is 16.5. The van der Waals surface area contributed by atoms with Crippen molar-refractivity contribution in [3.8, 4) is 5.75 Å². The average molecular weight is 389 g/mol. The molecule has 2 aliphatic rings. The molecule has 0 radical (unpaired) electrons. The number of ether oxygens (including phenoxy) is 2. The Morgan fingerprint density at radius 2 is 2.18 bits per heavy atom. The van der Waals surface area contributed by atoms with Crippen LogP contribution in [0.3, 0.4) is 0 Å². The van der Waals surface area contributed by atoms with Crippen LogP contribution in [-0.2, 0) is 11.3 Å². The van der Waals surface area contributed by atoms with Crippen LogP contribution in [0.4, 0.5) is 0 Å². The van der Waals surface area contributed by atoms with E-state index < -0.39 is 0 Å². The lowest BCUT2D eigenvalue weighted by Crippen LogP contribution is -2.40. The fourth-order valence-electron chi connectivity index (χ4n) is 3.87. The molecule has 2 N–H and O–H groups in total. The van der Waals surface area contributed by atoms with Crippen LogP contribution in [0.2, 0.25) is 0 Å². The van der Waals surface area contributed by atoms with Crippen molar-refractivity contribution in [1.29, 1.82) is 0 Å². The highest BCUT2D eigenvalue weighted by Gasteiger charge is 2.21. The van der Waals surface area contributed by atoms with Gasteiger partial charge >= 0.3 is 0 Å². The van der Waals surface area contributed by atoms with Crippen LogP contribution >= 0.6 is 0 Å². The second-order valence-corrected chi connectivity index (χ2v) is 8.01. The molecule has 6 heteroatoms. The number of aryl methyl sites for hydroxylation is 1. The molecular weight excluding hydrogens is 352 g/mol. The van der Waals surface area contributed by atoms with Crippen LogP contribution in [0.1, 0.15) is 30.9 Å². The van der Waals surface area contributed by atoms with E-state index in [-0.39, 0.29) is 0 Å². The lowest BCUT2D eigenvalue weighted by molar-refractivity contribution is 0.166. The number of aliphatic imine (C=N–C) groups is 1. The highest BCUT2D eigenvalue weighted by molar-refractivity contribution is 5.79. The zero-order chi connectivity index (χ0) is 19.8. The summed E-state index contributed by atoms with van der Waals surface area (Å²) in [5.41, 5.74) is 2.37. The van der Waals surface area contributed by atoms with Gasteiger partial charge in [-0.25, -0.2) is 0 Å². The first-order valence-electron chi connectivity index (χ1n) is 10.6. The van der Waals surface area contributed by atoms with E-state index in [1.807, 2.05) is 7.05 Å². The summed E-state index contributed by atoms with van der Waals surface area (Å²) in [7, 11) is 1.83. The van der Waals surface area contributed by atoms with Crippen LogP contribution in [0.25, 0.3) is 0 Å². The Kier molecular flexibility index (Phi) is 7.98. The Balaban J connectivity index is 1.49. The molecule has 1 aromatic carbocycles. The molecule has 2 saturated heterocycles. The molecule has 156 valence electrons. The molecule has 0 aliphatic carbocycles. The molecule has 0 amide bonds. The molecule has 0 spiro atoms. The fraction of sp³-hybridized carbons (Fsp3) is 0.682. The highest BCUT2D eigenvalue weighted by Crippen LogP contribution is 2.22. The van der Waals surface area contributed by atoms with E-state index in [1.54, 1.807) is 0 Å². The minimum Gasteiger partial charge on any atom is -0.493 e. The summed E-state index contributed by atoms with van der Waals surface area (Å²) < 4.78 is 11.6. The van der Waals surface area contributed by atoms with Crippen molar-refractivity contribution in [2.75, 3.05) is 53.0 Å². The van der Waals surface area contributed by atoms with E-state index in [1.165, 1.54) is 25.1 Å². The number of guanidine groups is 1. The average Bonchev–Trinajstić information content (AvgIpc) is 3.39. The maximum absolute atomic E-state index is 6.15. The molecule has 2 aliphatic heterocycles. The predicted molar refractivity (Wildman–Crippen MR) is 114 cm³/mol. The van der Waals surface area contributed by atoms with Gasteiger partial charge in [0, 0.05) is 44.8 Å². The first-order valence-corrected chi connectivity index (χ1v) is 10.6. The molecule has 0 aromatic heterocycles. The molecule has 2 atom stereocenters. The number of hydrogen-bond donors (Lipinski definition) is 2. The van der Waals surface area contributed by atoms with Gasteiger partial charge in [0.1, 0.15) is 5.75 Å². The van der Waals surface area contributed by atoms with Crippen molar-refractivity contribution < 1.29 is 9.47 Å². The lowest BCUT2D eigenvalue weighted by Gasteiger charge is -2.18. The first-order chi connectivity index (χ1) is 13.7. The summed E-state index contributed by atoms with van der Waals surface area (Å²) in [5.74, 6) is 3.02. The number of nitrogens with one attached hydrogen (secondary N) is 2. The van der Waals surface area contributed by atoms with Gasteiger partial charge in [-0.3, -0.25) is 4.99 Å². The Hall–Kier alpha value is -1.79. The van der Waals surface area contributed by atoms with Gasteiger partial charge in [-0.2, -0.15) is 0 Å². The number of likely N-dealkylation sites (tertiary alicyclic amines) is 1. The molecule has 28 heavy (non-hydrogen) atoms. The van der Waals surface area contributed by atoms with E-state index >= 15 is 0 Å². The van der Waals surface area contributed by atoms with Crippen LogP contribution in [0.5, 0.6) is 5.75 Å². The summed E-state index contributed by atoms with van der Waals surface area (Å²) in [4.78, 5) is 6.89. The van der Waals surface area contributed by atoms with Gasteiger partial charge in [-0.1, -0.05) is 19.1 Å². The van der Waals surface area contributed by atoms with Gasteiger partial charge in [-0.05, 0) is 50.4 Å². The van der Waals surface area contributed by atoms with Gasteiger partial charge in [0.2, 0.25) is 0 Å². The van der Waals surface area contributed by atoms with Gasteiger partial charge < -0.3 is 25.0 Å². The Morgan fingerprint density at radius 3 is 2.89 bits per heavy atom. The Morgan fingerprint density at radius 1 is 1.29 bits per heavy atom. The zero-order valence-corrected chi connectivity index (χ0v) is 17.7. The number of benzene rings is 1. The third kappa shape index (κ3) is 6.11. The largest absolute Gasteiger partial charge is 0.493 e. The summed E-state index contributed by atoms with van der Waals surface area (Å²) in [5, 5.41) is 6.93. The topological polar surface area (TPSA) is 58.1 Å². The Bertz CT molecular complexity index is 643. The van der Waals surface area contributed by atoms with Crippen molar-refractivity contribution in [1.82, 2.24) is 15.5 Å². The molecule has 0 bridgehead atoms. The fourth-order valence-corrected chi connectivity index (χ4v) is 3.87. The standard InChI is InChI=1S/C22H36N4O2/c1-4-26-9-7-18(14-26)12-24-22(23-3)25-13-20-6-5-17(2)11-21(20)28-16-19-8-10-27-15-19/h5-6,11,18-19H,4,7-10,12-16H2,1-3H3,(H2,23,24,25). The molecule has 2 unspecified atom stereocenters. The minimum absolute atomic E-state index is 0.504. The summed E-state index contributed by atoms with van der Waals surface area (Å²) in [6.45, 7) is 11.9. The van der Waals surface area contributed by atoms with Gasteiger partial charge in [-0.15, -0.1) is 0 Å². The third-order valence-electron chi connectivity index (χ3n) is 5.77. The number of rotatable bonds is 8. The molecule has 1 aromatic rings. The quantitative estimate of drug-likeness (QED) is 0.529. The monoisotopic (exact) mass is 388 g/mol. The lowest BCUT2D eigenvalue weighted by atomic mass is 10.1. The number of nitrogens with zero attached hydrogens (tertiary/aromatic N) is 2. The second-order valence-electron chi connectivity index (χ2n) is 8.01. The van der Waals surface area contributed by atoms with Gasteiger partial charge in [0.05, 0.1) is 13.2 Å². The van der Waals surface area contributed by atoms with E-state index in [4.69, 9.17) is 9.47 Å². The van der Waals surface area contributed by atoms with E-state index in [2.05, 4.69) is 52.6 Å². The first kappa shape index (κ1) is 20.9.